The SMILES string of the molecule is C=C(C)C(=O)OCCCCCCCCCCCCOC(=O)C=Cc1ccc(OC)c(OC)c1. The van der Waals surface area contributed by atoms with E-state index in [1.807, 2.05) is 12.1 Å². The third kappa shape index (κ3) is 13.4. The lowest BCUT2D eigenvalue weighted by Crippen LogP contribution is -2.05. The summed E-state index contributed by atoms with van der Waals surface area (Å²) < 4.78 is 20.8. The highest BCUT2D eigenvalue weighted by molar-refractivity contribution is 5.87. The van der Waals surface area contributed by atoms with Gasteiger partial charge in [0.25, 0.3) is 0 Å². The van der Waals surface area contributed by atoms with Crippen LogP contribution in [0.4, 0.5) is 0 Å². The van der Waals surface area contributed by atoms with E-state index in [0.717, 1.165) is 37.7 Å². The molecule has 0 atom stereocenters. The van der Waals surface area contributed by atoms with Gasteiger partial charge >= 0.3 is 11.9 Å². The largest absolute Gasteiger partial charge is 0.493 e. The molecule has 1 aromatic carbocycles. The number of carbonyl (C=O) groups excluding carboxylic acids is 2. The molecule has 6 nitrogen and oxygen atoms in total. The number of esters is 2. The predicted octanol–water partition coefficient (Wildman–Crippen LogP) is 6.28. The molecule has 0 fully saturated rings. The van der Waals surface area contributed by atoms with E-state index in [-0.39, 0.29) is 11.9 Å². The van der Waals surface area contributed by atoms with Gasteiger partial charge in [-0.05, 0) is 43.5 Å². The van der Waals surface area contributed by atoms with Crippen LogP contribution in [0.5, 0.6) is 11.5 Å². The Morgan fingerprint density at radius 1 is 0.788 bits per heavy atom. The van der Waals surface area contributed by atoms with Gasteiger partial charge in [0, 0.05) is 11.6 Å². The Bertz CT molecular complexity index is 753. The Kier molecular flexibility index (Phi) is 15.2. The summed E-state index contributed by atoms with van der Waals surface area (Å²) in [6, 6.07) is 5.46. The zero-order valence-corrected chi connectivity index (χ0v) is 20.5. The van der Waals surface area contributed by atoms with E-state index in [4.69, 9.17) is 18.9 Å². The molecule has 0 amide bonds. The highest BCUT2D eigenvalue weighted by Crippen LogP contribution is 2.27. The quantitative estimate of drug-likeness (QED) is 0.146. The Labute approximate surface area is 198 Å². The van der Waals surface area contributed by atoms with Gasteiger partial charge in [-0.3, -0.25) is 0 Å². The van der Waals surface area contributed by atoms with Gasteiger partial charge in [0.05, 0.1) is 27.4 Å². The van der Waals surface area contributed by atoms with Gasteiger partial charge in [-0.1, -0.05) is 64.0 Å². The maximum atomic E-state index is 11.9. The molecule has 6 heteroatoms. The smallest absolute Gasteiger partial charge is 0.333 e. The van der Waals surface area contributed by atoms with Crippen molar-refractivity contribution in [2.45, 2.75) is 71.1 Å². The fourth-order valence-corrected chi connectivity index (χ4v) is 3.25. The first-order chi connectivity index (χ1) is 16.0. The topological polar surface area (TPSA) is 71.1 Å². The summed E-state index contributed by atoms with van der Waals surface area (Å²) in [5, 5.41) is 0. The Morgan fingerprint density at radius 2 is 1.30 bits per heavy atom. The van der Waals surface area contributed by atoms with Crippen molar-refractivity contribution in [2.24, 2.45) is 0 Å². The van der Waals surface area contributed by atoms with Gasteiger partial charge in [0.2, 0.25) is 0 Å². The van der Waals surface area contributed by atoms with E-state index in [0.29, 0.717) is 30.3 Å². The van der Waals surface area contributed by atoms with Gasteiger partial charge in [0.15, 0.2) is 11.5 Å². The van der Waals surface area contributed by atoms with Crippen LogP contribution in [0.25, 0.3) is 6.08 Å². The standard InChI is InChI=1S/C27H40O6/c1-22(2)27(29)33-20-14-12-10-8-6-5-7-9-11-13-19-32-26(28)18-16-23-15-17-24(30-3)25(21-23)31-4/h15-18,21H,1,5-14,19-20H2,2-4H3. The Morgan fingerprint density at radius 3 is 1.82 bits per heavy atom. The van der Waals surface area contributed by atoms with Crippen molar-refractivity contribution in [2.75, 3.05) is 27.4 Å². The first-order valence-electron chi connectivity index (χ1n) is 11.9. The van der Waals surface area contributed by atoms with E-state index in [1.165, 1.54) is 38.2 Å². The predicted molar refractivity (Wildman–Crippen MR) is 131 cm³/mol. The Hall–Kier alpha value is -2.76. The minimum Gasteiger partial charge on any atom is -0.493 e. The van der Waals surface area contributed by atoms with Crippen molar-refractivity contribution in [1.29, 1.82) is 0 Å². The van der Waals surface area contributed by atoms with Crippen LogP contribution >= 0.6 is 0 Å². The van der Waals surface area contributed by atoms with Crippen molar-refractivity contribution < 1.29 is 28.5 Å². The van der Waals surface area contributed by atoms with Crippen molar-refractivity contribution >= 4 is 18.0 Å². The minimum atomic E-state index is -0.334. The molecule has 0 N–H and O–H groups in total. The third-order valence-electron chi connectivity index (χ3n) is 5.18. The van der Waals surface area contributed by atoms with Crippen LogP contribution in [-0.4, -0.2) is 39.4 Å². The number of ether oxygens (including phenoxy) is 4. The molecule has 33 heavy (non-hydrogen) atoms. The van der Waals surface area contributed by atoms with Crippen LogP contribution in [0.2, 0.25) is 0 Å². The lowest BCUT2D eigenvalue weighted by molar-refractivity contribution is -0.139. The Balaban J connectivity index is 1.97. The number of methoxy groups -OCH3 is 2. The number of rotatable bonds is 18. The first kappa shape index (κ1) is 28.3. The van der Waals surface area contributed by atoms with Gasteiger partial charge in [-0.2, -0.15) is 0 Å². The van der Waals surface area contributed by atoms with Crippen LogP contribution in [0.1, 0.15) is 76.7 Å². The van der Waals surface area contributed by atoms with E-state index in [2.05, 4.69) is 6.58 Å². The number of unbranched alkanes of at least 4 members (excludes halogenated alkanes) is 9. The molecule has 0 aliphatic heterocycles. The number of benzene rings is 1. The van der Waals surface area contributed by atoms with Crippen molar-refractivity contribution in [3.63, 3.8) is 0 Å². The van der Waals surface area contributed by atoms with Crippen LogP contribution < -0.4 is 9.47 Å². The molecule has 0 saturated carbocycles. The van der Waals surface area contributed by atoms with Gasteiger partial charge < -0.3 is 18.9 Å². The maximum Gasteiger partial charge on any atom is 0.333 e. The molecule has 1 rings (SSSR count). The fraction of sp³-hybridized carbons (Fsp3) is 0.556. The molecule has 0 spiro atoms. The molecule has 0 aromatic heterocycles. The molecular formula is C27H40O6. The maximum absolute atomic E-state index is 11.9. The summed E-state index contributed by atoms with van der Waals surface area (Å²) in [6.45, 7) is 6.16. The molecular weight excluding hydrogens is 420 g/mol. The number of hydrogen-bond donors (Lipinski definition) is 0. The molecule has 0 bridgehead atoms. The molecule has 1 aromatic rings. The van der Waals surface area contributed by atoms with Gasteiger partial charge in [0.1, 0.15) is 0 Å². The van der Waals surface area contributed by atoms with Crippen molar-refractivity contribution in [1.82, 2.24) is 0 Å². The minimum absolute atomic E-state index is 0.296. The first-order valence-corrected chi connectivity index (χ1v) is 11.9. The highest BCUT2D eigenvalue weighted by Gasteiger charge is 2.04. The molecule has 0 unspecified atom stereocenters. The van der Waals surface area contributed by atoms with E-state index in [1.54, 1.807) is 33.3 Å². The molecule has 184 valence electrons. The molecule has 0 heterocycles. The van der Waals surface area contributed by atoms with Crippen molar-refractivity contribution in [3.8, 4) is 11.5 Å². The van der Waals surface area contributed by atoms with Crippen LogP contribution in [-0.2, 0) is 19.1 Å². The zero-order valence-electron chi connectivity index (χ0n) is 20.5. The van der Waals surface area contributed by atoms with E-state index < -0.39 is 0 Å². The van der Waals surface area contributed by atoms with Crippen molar-refractivity contribution in [3.05, 3.63) is 42.0 Å². The monoisotopic (exact) mass is 460 g/mol. The summed E-state index contributed by atoms with van der Waals surface area (Å²) in [5.41, 5.74) is 1.30. The number of hydrogen-bond acceptors (Lipinski definition) is 6. The second kappa shape index (κ2) is 17.8. The van der Waals surface area contributed by atoms with E-state index in [9.17, 15) is 9.59 Å². The van der Waals surface area contributed by atoms with E-state index >= 15 is 0 Å². The van der Waals surface area contributed by atoms with Crippen LogP contribution in [0.3, 0.4) is 0 Å². The summed E-state index contributed by atoms with van der Waals surface area (Å²) in [7, 11) is 3.16. The fourth-order valence-electron chi connectivity index (χ4n) is 3.25. The average Bonchev–Trinajstić information content (AvgIpc) is 2.82. The summed E-state index contributed by atoms with van der Waals surface area (Å²) >= 11 is 0. The number of carbonyl (C=O) groups is 2. The second-order valence-corrected chi connectivity index (χ2v) is 8.07. The third-order valence-corrected chi connectivity index (χ3v) is 5.18. The lowest BCUT2D eigenvalue weighted by Gasteiger charge is -2.07. The summed E-state index contributed by atoms with van der Waals surface area (Å²) in [6.07, 6.45) is 14.4. The second-order valence-electron chi connectivity index (χ2n) is 8.07. The summed E-state index contributed by atoms with van der Waals surface area (Å²) in [5.74, 6) is 0.640. The molecule has 0 saturated heterocycles. The highest BCUT2D eigenvalue weighted by atomic mass is 16.5. The molecule has 0 aliphatic rings. The molecule has 0 aliphatic carbocycles. The zero-order chi connectivity index (χ0) is 24.3. The van der Waals surface area contributed by atoms with Crippen LogP contribution in [0.15, 0.2) is 36.4 Å². The van der Waals surface area contributed by atoms with Crippen LogP contribution in [0, 0.1) is 0 Å². The summed E-state index contributed by atoms with van der Waals surface area (Å²) in [4.78, 5) is 23.1. The average molecular weight is 461 g/mol. The normalized spacial score (nSPS) is 10.8. The van der Waals surface area contributed by atoms with Gasteiger partial charge in [-0.25, -0.2) is 9.59 Å². The lowest BCUT2D eigenvalue weighted by atomic mass is 10.1. The van der Waals surface area contributed by atoms with Gasteiger partial charge in [-0.15, -0.1) is 0 Å². The molecule has 0 radical (unpaired) electrons.